The average Bonchev–Trinajstić information content (AvgIpc) is 2.87. The van der Waals surface area contributed by atoms with Crippen LogP contribution in [0.3, 0.4) is 0 Å². The van der Waals surface area contributed by atoms with Gasteiger partial charge in [0.15, 0.2) is 0 Å². The van der Waals surface area contributed by atoms with Crippen molar-refractivity contribution in [2.24, 2.45) is 0 Å². The predicted octanol–water partition coefficient (Wildman–Crippen LogP) is 3.14. The Morgan fingerprint density at radius 2 is 2.20 bits per heavy atom. The van der Waals surface area contributed by atoms with Crippen molar-refractivity contribution < 1.29 is 17.9 Å². The van der Waals surface area contributed by atoms with Crippen LogP contribution in [0.25, 0.3) is 0 Å². The van der Waals surface area contributed by atoms with Crippen LogP contribution in [0.15, 0.2) is 29.6 Å². The first-order valence-corrected chi connectivity index (χ1v) is 6.69. The number of halogens is 3. The first-order valence-electron chi connectivity index (χ1n) is 5.85. The maximum Gasteiger partial charge on any atom is 0.573 e. The van der Waals surface area contributed by atoms with E-state index in [-0.39, 0.29) is 11.8 Å². The summed E-state index contributed by atoms with van der Waals surface area (Å²) >= 11 is 1.19. The van der Waals surface area contributed by atoms with Crippen molar-refractivity contribution in [2.75, 3.05) is 6.54 Å². The molecule has 1 unspecified atom stereocenters. The summed E-state index contributed by atoms with van der Waals surface area (Å²) in [6.07, 6.45) is -4.70. The lowest BCUT2D eigenvalue weighted by molar-refractivity contribution is -0.274. The molecule has 1 atom stereocenters. The third kappa shape index (κ3) is 3.91. The molecule has 0 fully saturated rings. The molecule has 0 aliphatic heterocycles. The van der Waals surface area contributed by atoms with E-state index in [2.05, 4.69) is 19.6 Å². The largest absolute Gasteiger partial charge is 0.573 e. The first kappa shape index (κ1) is 14.7. The fourth-order valence-electron chi connectivity index (χ4n) is 1.79. The molecule has 0 saturated heterocycles. The van der Waals surface area contributed by atoms with Gasteiger partial charge in [-0.3, -0.25) is 0 Å². The number of nitrogens with zero attached hydrogens (tertiary/aromatic N) is 2. The van der Waals surface area contributed by atoms with Crippen LogP contribution in [0, 0.1) is 0 Å². The standard InChI is InChI=1S/C12H12F3N3OS/c1-2-16-11(10-7-20-18-17-10)8-4-3-5-9(6-8)19-12(13,14)15/h3-7,11,16H,2H2,1H3. The van der Waals surface area contributed by atoms with E-state index < -0.39 is 6.36 Å². The minimum Gasteiger partial charge on any atom is -0.406 e. The van der Waals surface area contributed by atoms with Gasteiger partial charge in [0.25, 0.3) is 0 Å². The van der Waals surface area contributed by atoms with Gasteiger partial charge in [-0.25, -0.2) is 0 Å². The van der Waals surface area contributed by atoms with E-state index in [0.29, 0.717) is 17.8 Å². The molecule has 1 aromatic carbocycles. The third-order valence-corrected chi connectivity index (χ3v) is 3.03. The summed E-state index contributed by atoms with van der Waals surface area (Å²) in [7, 11) is 0. The molecule has 1 N–H and O–H groups in total. The Hall–Kier alpha value is -1.67. The van der Waals surface area contributed by atoms with Crippen LogP contribution >= 0.6 is 11.5 Å². The normalized spacial score (nSPS) is 13.2. The molecule has 1 heterocycles. The van der Waals surface area contributed by atoms with E-state index >= 15 is 0 Å². The van der Waals surface area contributed by atoms with E-state index in [1.165, 1.54) is 29.7 Å². The molecule has 0 aliphatic carbocycles. The maximum absolute atomic E-state index is 12.2. The zero-order valence-electron chi connectivity index (χ0n) is 10.5. The summed E-state index contributed by atoms with van der Waals surface area (Å²) in [4.78, 5) is 0. The van der Waals surface area contributed by atoms with Gasteiger partial charge in [0.1, 0.15) is 5.75 Å². The summed E-state index contributed by atoms with van der Waals surface area (Å²) in [5, 5.41) is 8.87. The van der Waals surface area contributed by atoms with E-state index in [0.717, 1.165) is 0 Å². The van der Waals surface area contributed by atoms with Gasteiger partial charge in [-0.05, 0) is 35.8 Å². The number of hydrogen-bond donors (Lipinski definition) is 1. The molecule has 0 saturated carbocycles. The van der Waals surface area contributed by atoms with Crippen LogP contribution in [-0.2, 0) is 0 Å². The molecule has 0 spiro atoms. The van der Waals surface area contributed by atoms with Crippen LogP contribution in [-0.4, -0.2) is 22.5 Å². The number of rotatable bonds is 5. The Bertz CT molecular complexity index is 545. The Morgan fingerprint density at radius 1 is 1.40 bits per heavy atom. The molecular weight excluding hydrogens is 291 g/mol. The molecule has 2 aromatic rings. The highest BCUT2D eigenvalue weighted by Gasteiger charge is 2.31. The van der Waals surface area contributed by atoms with Crippen LogP contribution in [0.5, 0.6) is 5.75 Å². The molecule has 108 valence electrons. The van der Waals surface area contributed by atoms with Gasteiger partial charge in [-0.15, -0.1) is 18.3 Å². The number of nitrogens with one attached hydrogen (secondary N) is 1. The van der Waals surface area contributed by atoms with Crippen LogP contribution < -0.4 is 10.1 Å². The number of ether oxygens (including phenoxy) is 1. The van der Waals surface area contributed by atoms with Gasteiger partial charge >= 0.3 is 6.36 Å². The maximum atomic E-state index is 12.2. The molecule has 0 bridgehead atoms. The van der Waals surface area contributed by atoms with E-state index in [4.69, 9.17) is 0 Å². The van der Waals surface area contributed by atoms with Crippen molar-refractivity contribution in [3.63, 3.8) is 0 Å². The van der Waals surface area contributed by atoms with Crippen LogP contribution in [0.1, 0.15) is 24.2 Å². The van der Waals surface area contributed by atoms with Crippen molar-refractivity contribution in [3.05, 3.63) is 40.9 Å². The van der Waals surface area contributed by atoms with Gasteiger partial charge in [-0.2, -0.15) is 0 Å². The Labute approximate surface area is 117 Å². The smallest absolute Gasteiger partial charge is 0.406 e. The molecule has 0 amide bonds. The van der Waals surface area contributed by atoms with Gasteiger partial charge in [0.05, 0.1) is 11.7 Å². The topological polar surface area (TPSA) is 47.0 Å². The quantitative estimate of drug-likeness (QED) is 0.922. The van der Waals surface area contributed by atoms with E-state index in [9.17, 15) is 13.2 Å². The molecule has 4 nitrogen and oxygen atoms in total. The van der Waals surface area contributed by atoms with Gasteiger partial charge in [0, 0.05) is 5.38 Å². The van der Waals surface area contributed by atoms with Gasteiger partial charge < -0.3 is 10.1 Å². The number of alkyl halides is 3. The minimum absolute atomic E-state index is 0.249. The fourth-order valence-corrected chi connectivity index (χ4v) is 2.27. The Kier molecular flexibility index (Phi) is 4.56. The molecular formula is C12H12F3N3OS. The zero-order valence-corrected chi connectivity index (χ0v) is 11.3. The first-order chi connectivity index (χ1) is 9.49. The lowest BCUT2D eigenvalue weighted by Gasteiger charge is -2.17. The lowest BCUT2D eigenvalue weighted by Crippen LogP contribution is -2.23. The summed E-state index contributed by atoms with van der Waals surface area (Å²) in [6.45, 7) is 2.55. The second-order valence-corrected chi connectivity index (χ2v) is 4.55. The van der Waals surface area contributed by atoms with Crippen molar-refractivity contribution in [2.45, 2.75) is 19.3 Å². The number of hydrogen-bond acceptors (Lipinski definition) is 5. The molecule has 2 rings (SSSR count). The van der Waals surface area contributed by atoms with E-state index in [1.54, 1.807) is 11.4 Å². The lowest BCUT2D eigenvalue weighted by atomic mass is 10.0. The summed E-state index contributed by atoms with van der Waals surface area (Å²) in [5.41, 5.74) is 1.31. The minimum atomic E-state index is -4.70. The fraction of sp³-hybridized carbons (Fsp3) is 0.333. The van der Waals surface area contributed by atoms with Crippen molar-refractivity contribution in [3.8, 4) is 5.75 Å². The molecule has 8 heteroatoms. The van der Waals surface area contributed by atoms with Crippen LogP contribution in [0.4, 0.5) is 13.2 Å². The van der Waals surface area contributed by atoms with Crippen molar-refractivity contribution >= 4 is 11.5 Å². The average molecular weight is 303 g/mol. The van der Waals surface area contributed by atoms with Crippen molar-refractivity contribution in [1.29, 1.82) is 0 Å². The molecule has 0 aliphatic rings. The SMILES string of the molecule is CCNC(c1cccc(OC(F)(F)F)c1)c1csnn1. The Balaban J connectivity index is 2.27. The number of benzene rings is 1. The summed E-state index contributed by atoms with van der Waals surface area (Å²) < 4.78 is 44.4. The predicted molar refractivity (Wildman–Crippen MR) is 68.6 cm³/mol. The van der Waals surface area contributed by atoms with Gasteiger partial charge in [-0.1, -0.05) is 23.5 Å². The monoisotopic (exact) mass is 303 g/mol. The van der Waals surface area contributed by atoms with Crippen LogP contribution in [0.2, 0.25) is 0 Å². The van der Waals surface area contributed by atoms with E-state index in [1.807, 2.05) is 6.92 Å². The molecule has 0 radical (unpaired) electrons. The molecule has 20 heavy (non-hydrogen) atoms. The summed E-state index contributed by atoms with van der Waals surface area (Å²) in [6, 6.07) is 5.53. The highest BCUT2D eigenvalue weighted by atomic mass is 32.1. The highest BCUT2D eigenvalue weighted by Crippen LogP contribution is 2.27. The zero-order chi connectivity index (χ0) is 14.6. The number of aromatic nitrogens is 2. The molecule has 1 aromatic heterocycles. The summed E-state index contributed by atoms with van der Waals surface area (Å²) in [5.74, 6) is -0.249. The second-order valence-electron chi connectivity index (χ2n) is 3.94. The third-order valence-electron chi connectivity index (χ3n) is 2.51. The van der Waals surface area contributed by atoms with Crippen molar-refractivity contribution in [1.82, 2.24) is 14.9 Å². The second kappa shape index (κ2) is 6.19. The highest BCUT2D eigenvalue weighted by molar-refractivity contribution is 7.03. The Morgan fingerprint density at radius 3 is 2.80 bits per heavy atom. The van der Waals surface area contributed by atoms with Gasteiger partial charge in [0.2, 0.25) is 0 Å².